The number of nitrogens with zero attached hydrogens (tertiary/aromatic N) is 3. The predicted octanol–water partition coefficient (Wildman–Crippen LogP) is 2.13. The van der Waals surface area contributed by atoms with Crippen molar-refractivity contribution in [2.24, 2.45) is 5.92 Å². The van der Waals surface area contributed by atoms with E-state index in [9.17, 15) is 13.2 Å². The molecule has 1 amide bonds. The number of piperidine rings is 1. The third-order valence-corrected chi connectivity index (χ3v) is 7.76. The van der Waals surface area contributed by atoms with Gasteiger partial charge in [0, 0.05) is 25.4 Å². The van der Waals surface area contributed by atoms with E-state index < -0.39 is 10.0 Å². The van der Waals surface area contributed by atoms with Crippen molar-refractivity contribution in [3.8, 4) is 5.75 Å². The van der Waals surface area contributed by atoms with E-state index >= 15 is 0 Å². The van der Waals surface area contributed by atoms with Crippen LogP contribution < -0.4 is 10.1 Å². The van der Waals surface area contributed by atoms with Crippen LogP contribution in [0.25, 0.3) is 0 Å². The first-order valence-corrected chi connectivity index (χ1v) is 12.8. The maximum Gasteiger partial charge on any atom is 0.243 e. The van der Waals surface area contributed by atoms with Crippen molar-refractivity contribution in [1.82, 2.24) is 24.8 Å². The molecule has 0 aliphatic carbocycles. The average Bonchev–Trinajstić information content (AvgIpc) is 3.17. The zero-order valence-corrected chi connectivity index (χ0v) is 19.7. The summed E-state index contributed by atoms with van der Waals surface area (Å²) < 4.78 is 33.2. The largest absolute Gasteiger partial charge is 0.494 e. The van der Waals surface area contributed by atoms with Crippen molar-refractivity contribution in [3.05, 3.63) is 29.6 Å². The van der Waals surface area contributed by atoms with Crippen LogP contribution in [0.3, 0.4) is 0 Å². The molecule has 3 rings (SSSR count). The minimum Gasteiger partial charge on any atom is -0.494 e. The molecule has 1 aromatic carbocycles. The van der Waals surface area contributed by atoms with Gasteiger partial charge in [-0.05, 0) is 57.4 Å². The van der Waals surface area contributed by atoms with Crippen LogP contribution >= 0.6 is 11.8 Å². The Morgan fingerprint density at radius 1 is 1.39 bits per heavy atom. The first kappa shape index (κ1) is 23.6. The van der Waals surface area contributed by atoms with Crippen molar-refractivity contribution >= 4 is 27.7 Å². The molecule has 2 N–H and O–H groups in total. The van der Waals surface area contributed by atoms with Crippen molar-refractivity contribution in [3.63, 3.8) is 0 Å². The summed E-state index contributed by atoms with van der Waals surface area (Å²) in [5.74, 6) is 1.59. The molecular weight excluding hydrogens is 438 g/mol. The van der Waals surface area contributed by atoms with Crippen molar-refractivity contribution in [1.29, 1.82) is 0 Å². The quantitative estimate of drug-likeness (QED) is 0.428. The Balaban J connectivity index is 1.56. The molecule has 1 aliphatic rings. The topological polar surface area (TPSA) is 117 Å². The molecule has 2 heterocycles. The number of aryl methyl sites for hydroxylation is 2. The summed E-state index contributed by atoms with van der Waals surface area (Å²) in [6.45, 7) is 7.14. The second-order valence-corrected chi connectivity index (χ2v) is 10.4. The van der Waals surface area contributed by atoms with Crippen LogP contribution in [0.4, 0.5) is 0 Å². The molecule has 0 radical (unpaired) electrons. The van der Waals surface area contributed by atoms with E-state index in [4.69, 9.17) is 4.74 Å². The second kappa shape index (κ2) is 10.5. The molecule has 31 heavy (non-hydrogen) atoms. The summed E-state index contributed by atoms with van der Waals surface area (Å²) in [5, 5.41) is 10.4. The summed E-state index contributed by atoms with van der Waals surface area (Å²) in [6.07, 6.45) is 1.33. The fourth-order valence-corrected chi connectivity index (χ4v) is 5.78. The zero-order chi connectivity index (χ0) is 22.4. The lowest BCUT2D eigenvalue weighted by molar-refractivity contribution is -0.125. The molecule has 0 bridgehead atoms. The number of sulfonamides is 1. The summed E-state index contributed by atoms with van der Waals surface area (Å²) in [4.78, 5) is 17.0. The Morgan fingerprint density at radius 3 is 2.87 bits per heavy atom. The zero-order valence-electron chi connectivity index (χ0n) is 18.1. The van der Waals surface area contributed by atoms with Crippen LogP contribution in [0.2, 0.25) is 0 Å². The fraction of sp³-hybridized carbons (Fsp3) is 0.550. The van der Waals surface area contributed by atoms with E-state index in [1.807, 2.05) is 20.8 Å². The molecule has 1 aliphatic heterocycles. The third-order valence-electron chi connectivity index (χ3n) is 5.05. The Bertz CT molecular complexity index is 1010. The molecule has 1 fully saturated rings. The average molecular weight is 468 g/mol. The minimum atomic E-state index is -3.67. The molecular formula is C20H29N5O4S2. The van der Waals surface area contributed by atoms with Gasteiger partial charge in [0.2, 0.25) is 21.1 Å². The fourth-order valence-electron chi connectivity index (χ4n) is 3.47. The molecule has 11 heteroatoms. The van der Waals surface area contributed by atoms with Crippen LogP contribution in [0.1, 0.15) is 31.2 Å². The number of amides is 1. The lowest BCUT2D eigenvalue weighted by atomic mass is 9.99. The molecule has 0 saturated carbocycles. The van der Waals surface area contributed by atoms with Crippen molar-refractivity contribution < 1.29 is 17.9 Å². The number of ether oxygens (including phenoxy) is 1. The van der Waals surface area contributed by atoms with Gasteiger partial charge >= 0.3 is 0 Å². The van der Waals surface area contributed by atoms with Gasteiger partial charge in [-0.1, -0.05) is 11.8 Å². The normalized spacial score (nSPS) is 17.5. The number of hydrogen-bond acceptors (Lipinski definition) is 7. The molecule has 0 spiro atoms. The first-order chi connectivity index (χ1) is 14.8. The number of rotatable bonds is 9. The lowest BCUT2D eigenvalue weighted by Crippen LogP contribution is -2.45. The summed E-state index contributed by atoms with van der Waals surface area (Å²) >= 11 is 1.45. The Morgan fingerprint density at radius 2 is 2.19 bits per heavy atom. The van der Waals surface area contributed by atoms with Gasteiger partial charge in [-0.3, -0.25) is 9.89 Å². The summed E-state index contributed by atoms with van der Waals surface area (Å²) in [7, 11) is -3.67. The number of nitrogens with one attached hydrogen (secondary N) is 2. The molecule has 9 nitrogen and oxygen atoms in total. The van der Waals surface area contributed by atoms with Gasteiger partial charge in [0.05, 0.1) is 17.4 Å². The highest BCUT2D eigenvalue weighted by atomic mass is 32.2. The van der Waals surface area contributed by atoms with Gasteiger partial charge in [-0.15, -0.1) is 5.10 Å². The highest BCUT2D eigenvalue weighted by molar-refractivity contribution is 7.99. The van der Waals surface area contributed by atoms with Crippen LogP contribution in [-0.2, 0) is 14.8 Å². The van der Waals surface area contributed by atoms with Crippen molar-refractivity contribution in [2.75, 3.05) is 32.0 Å². The Labute approximate surface area is 187 Å². The van der Waals surface area contributed by atoms with Crippen LogP contribution in [0, 0.1) is 19.8 Å². The smallest absolute Gasteiger partial charge is 0.243 e. The van der Waals surface area contributed by atoms with E-state index in [-0.39, 0.29) is 23.3 Å². The number of carbonyl (C=O) groups is 1. The monoisotopic (exact) mass is 467 g/mol. The van der Waals surface area contributed by atoms with Crippen LogP contribution in [-0.4, -0.2) is 65.8 Å². The number of benzene rings is 1. The number of thioether (sulfide) groups is 1. The van der Waals surface area contributed by atoms with E-state index in [1.54, 1.807) is 18.2 Å². The van der Waals surface area contributed by atoms with Crippen LogP contribution in [0.5, 0.6) is 5.75 Å². The van der Waals surface area contributed by atoms with Crippen LogP contribution in [0.15, 0.2) is 28.3 Å². The maximum atomic E-state index is 13.1. The van der Waals surface area contributed by atoms with Gasteiger partial charge < -0.3 is 10.1 Å². The SMILES string of the molecule is CCOc1ccc(S(=O)(=O)N2CCCC(C(=O)NCCSc3n[nH]c(C)n3)C2)cc1C. The number of aromatic nitrogens is 3. The molecule has 1 aromatic heterocycles. The highest BCUT2D eigenvalue weighted by Crippen LogP contribution is 2.27. The first-order valence-electron chi connectivity index (χ1n) is 10.3. The maximum absolute atomic E-state index is 13.1. The molecule has 1 atom stereocenters. The van der Waals surface area contributed by atoms with E-state index in [2.05, 4.69) is 20.5 Å². The Kier molecular flexibility index (Phi) is 7.95. The van der Waals surface area contributed by atoms with E-state index in [0.29, 0.717) is 49.2 Å². The van der Waals surface area contributed by atoms with E-state index in [1.165, 1.54) is 16.1 Å². The van der Waals surface area contributed by atoms with Crippen molar-refractivity contribution in [2.45, 2.75) is 43.7 Å². The predicted molar refractivity (Wildman–Crippen MR) is 119 cm³/mol. The van der Waals surface area contributed by atoms with Gasteiger partial charge in [0.1, 0.15) is 11.6 Å². The lowest BCUT2D eigenvalue weighted by Gasteiger charge is -2.31. The molecule has 2 aromatic rings. The number of carbonyl (C=O) groups excluding carboxylic acids is 1. The van der Waals surface area contributed by atoms with Gasteiger partial charge in [-0.25, -0.2) is 13.4 Å². The van der Waals surface area contributed by atoms with Gasteiger partial charge in [-0.2, -0.15) is 4.31 Å². The standard InChI is InChI=1S/C20H29N5O4S2/c1-4-29-18-8-7-17(12-14(18)2)31(27,28)25-10-5-6-16(13-25)19(26)21-9-11-30-20-22-15(3)23-24-20/h7-8,12,16H,4-6,9-11,13H2,1-3H3,(H,21,26)(H,22,23,24). The van der Waals surface area contributed by atoms with Gasteiger partial charge in [0.25, 0.3) is 0 Å². The summed E-state index contributed by atoms with van der Waals surface area (Å²) in [6, 6.07) is 4.89. The Hall–Kier alpha value is -2.11. The number of H-pyrrole nitrogens is 1. The summed E-state index contributed by atoms with van der Waals surface area (Å²) in [5.41, 5.74) is 0.772. The number of hydrogen-bond donors (Lipinski definition) is 2. The molecule has 170 valence electrons. The second-order valence-electron chi connectivity index (χ2n) is 7.41. The minimum absolute atomic E-state index is 0.116. The van der Waals surface area contributed by atoms with Gasteiger partial charge in [0.15, 0.2) is 0 Å². The molecule has 1 unspecified atom stereocenters. The number of aromatic amines is 1. The van der Waals surface area contributed by atoms with E-state index in [0.717, 1.165) is 11.4 Å². The third kappa shape index (κ3) is 5.98. The highest BCUT2D eigenvalue weighted by Gasteiger charge is 2.33. The molecule has 1 saturated heterocycles.